The minimum Gasteiger partial charge on any atom is -0.444 e. The monoisotopic (exact) mass is 391 g/mol. The van der Waals surface area contributed by atoms with Crippen molar-refractivity contribution in [1.29, 1.82) is 0 Å². The van der Waals surface area contributed by atoms with E-state index in [-0.39, 0.29) is 18.2 Å². The first-order chi connectivity index (χ1) is 11.3. The number of aromatic amines is 1. The van der Waals surface area contributed by atoms with Crippen LogP contribution in [0.2, 0.25) is 0 Å². The van der Waals surface area contributed by atoms with Gasteiger partial charge in [0, 0.05) is 10.5 Å². The SMILES string of the molecule is CC(C)(C)OC(=O)N1[C@@H]2CC[C@H](C2)[C@H]1c1nc2ccc(Br)cc2[nH]1. The second-order valence-corrected chi connectivity index (χ2v) is 8.76. The highest BCUT2D eigenvalue weighted by Crippen LogP contribution is 2.50. The van der Waals surface area contributed by atoms with Gasteiger partial charge in [0.05, 0.1) is 17.1 Å². The molecule has 128 valence electrons. The van der Waals surface area contributed by atoms with Crippen LogP contribution in [0.15, 0.2) is 22.7 Å². The fourth-order valence-corrected chi connectivity index (χ4v) is 4.42. The number of benzene rings is 1. The number of aromatic nitrogens is 2. The highest BCUT2D eigenvalue weighted by atomic mass is 79.9. The number of ether oxygens (including phenoxy) is 1. The minimum absolute atomic E-state index is 0.00947. The molecule has 3 atom stereocenters. The maximum atomic E-state index is 12.8. The highest BCUT2D eigenvalue weighted by Gasteiger charge is 2.51. The number of H-pyrrole nitrogens is 1. The summed E-state index contributed by atoms with van der Waals surface area (Å²) in [5.41, 5.74) is 1.44. The second kappa shape index (κ2) is 5.48. The van der Waals surface area contributed by atoms with Crippen molar-refractivity contribution in [2.75, 3.05) is 0 Å². The Morgan fingerprint density at radius 3 is 2.92 bits per heavy atom. The lowest BCUT2D eigenvalue weighted by Crippen LogP contribution is -2.43. The van der Waals surface area contributed by atoms with E-state index in [2.05, 4.69) is 20.9 Å². The fraction of sp³-hybridized carbons (Fsp3) is 0.556. The van der Waals surface area contributed by atoms with Gasteiger partial charge in [-0.1, -0.05) is 15.9 Å². The third-order valence-electron chi connectivity index (χ3n) is 4.93. The Balaban J connectivity index is 1.69. The Labute approximate surface area is 149 Å². The molecule has 6 heteroatoms. The van der Waals surface area contributed by atoms with Gasteiger partial charge in [0.2, 0.25) is 0 Å². The van der Waals surface area contributed by atoms with Gasteiger partial charge in [0.25, 0.3) is 0 Å². The lowest BCUT2D eigenvalue weighted by molar-refractivity contribution is 0.00623. The van der Waals surface area contributed by atoms with E-state index in [4.69, 9.17) is 9.72 Å². The Morgan fingerprint density at radius 1 is 1.38 bits per heavy atom. The smallest absolute Gasteiger partial charge is 0.411 e. The third-order valence-corrected chi connectivity index (χ3v) is 5.43. The fourth-order valence-electron chi connectivity index (χ4n) is 4.06. The topological polar surface area (TPSA) is 58.2 Å². The summed E-state index contributed by atoms with van der Waals surface area (Å²) in [5.74, 6) is 1.34. The summed E-state index contributed by atoms with van der Waals surface area (Å²) in [6.07, 6.45) is 3.04. The van der Waals surface area contributed by atoms with Crippen LogP contribution >= 0.6 is 15.9 Å². The molecule has 0 radical (unpaired) electrons. The van der Waals surface area contributed by atoms with Gasteiger partial charge in [-0.25, -0.2) is 9.78 Å². The molecule has 1 aliphatic carbocycles. The molecule has 2 heterocycles. The van der Waals surface area contributed by atoms with E-state index < -0.39 is 5.60 Å². The van der Waals surface area contributed by atoms with Crippen molar-refractivity contribution in [3.8, 4) is 0 Å². The van der Waals surface area contributed by atoms with Crippen molar-refractivity contribution < 1.29 is 9.53 Å². The van der Waals surface area contributed by atoms with E-state index in [1.165, 1.54) is 0 Å². The number of carbonyl (C=O) groups excluding carboxylic acids is 1. The van der Waals surface area contributed by atoms with Crippen LogP contribution in [0.4, 0.5) is 4.79 Å². The van der Waals surface area contributed by atoms with Gasteiger partial charge >= 0.3 is 6.09 Å². The van der Waals surface area contributed by atoms with Crippen molar-refractivity contribution in [2.24, 2.45) is 5.92 Å². The number of fused-ring (bicyclic) bond motifs is 3. The Kier molecular flexibility index (Phi) is 3.64. The van der Waals surface area contributed by atoms with Crippen LogP contribution in [-0.2, 0) is 4.74 Å². The molecule has 2 fully saturated rings. The average Bonchev–Trinajstić information content (AvgIpc) is 3.17. The molecule has 2 aliphatic rings. The molecule has 1 aromatic carbocycles. The van der Waals surface area contributed by atoms with E-state index in [1.807, 2.05) is 43.9 Å². The largest absolute Gasteiger partial charge is 0.444 e. The van der Waals surface area contributed by atoms with Gasteiger partial charge < -0.3 is 9.72 Å². The zero-order valence-corrected chi connectivity index (χ0v) is 15.8. The molecule has 1 aromatic heterocycles. The van der Waals surface area contributed by atoms with Gasteiger partial charge in [0.1, 0.15) is 11.4 Å². The summed E-state index contributed by atoms with van der Waals surface area (Å²) in [5, 5.41) is 0. The molecule has 1 saturated heterocycles. The maximum Gasteiger partial charge on any atom is 0.411 e. The van der Waals surface area contributed by atoms with Crippen LogP contribution in [0.5, 0.6) is 0 Å². The normalized spacial score (nSPS) is 26.3. The van der Waals surface area contributed by atoms with Crippen molar-refractivity contribution >= 4 is 33.1 Å². The van der Waals surface area contributed by atoms with Crippen LogP contribution in [0, 0.1) is 5.92 Å². The Bertz CT molecular complexity index is 795. The summed E-state index contributed by atoms with van der Waals surface area (Å²) in [6, 6.07) is 6.26. The first kappa shape index (κ1) is 15.9. The van der Waals surface area contributed by atoms with E-state index in [0.29, 0.717) is 5.92 Å². The number of halogens is 1. The molecule has 0 unspecified atom stereocenters. The predicted molar refractivity (Wildman–Crippen MR) is 95.7 cm³/mol. The number of likely N-dealkylation sites (tertiary alicyclic amines) is 1. The zero-order chi connectivity index (χ0) is 17.1. The summed E-state index contributed by atoms with van der Waals surface area (Å²) in [6.45, 7) is 5.73. The summed E-state index contributed by atoms with van der Waals surface area (Å²) in [7, 11) is 0. The number of nitrogens with zero attached hydrogens (tertiary/aromatic N) is 2. The van der Waals surface area contributed by atoms with Gasteiger partial charge in [-0.2, -0.15) is 0 Å². The number of piperidine rings is 1. The quantitative estimate of drug-likeness (QED) is 0.760. The number of hydrogen-bond donors (Lipinski definition) is 1. The first-order valence-electron chi connectivity index (χ1n) is 8.48. The van der Waals surface area contributed by atoms with E-state index >= 15 is 0 Å². The summed E-state index contributed by atoms with van der Waals surface area (Å²) in [4.78, 5) is 22.9. The number of rotatable bonds is 1. The van der Waals surface area contributed by atoms with Gasteiger partial charge in [-0.05, 0) is 64.2 Å². The van der Waals surface area contributed by atoms with Crippen LogP contribution in [0.3, 0.4) is 0 Å². The number of amides is 1. The molecule has 0 spiro atoms. The predicted octanol–water partition coefficient (Wildman–Crippen LogP) is 4.79. The summed E-state index contributed by atoms with van der Waals surface area (Å²) < 4.78 is 6.67. The molecular formula is C18H22BrN3O2. The van der Waals surface area contributed by atoms with Crippen LogP contribution < -0.4 is 0 Å². The van der Waals surface area contributed by atoms with Crippen molar-refractivity contribution in [3.63, 3.8) is 0 Å². The Morgan fingerprint density at radius 2 is 2.17 bits per heavy atom. The van der Waals surface area contributed by atoms with Crippen LogP contribution in [0.1, 0.15) is 51.9 Å². The standard InChI is InChI=1S/C18H22BrN3O2/c1-18(2,3)24-17(23)22-12-6-4-10(8-12)15(22)16-20-13-7-5-11(19)9-14(13)21-16/h5,7,9-10,12,15H,4,6,8H2,1-3H3,(H,20,21)/t10-,12-,15+/m1/s1. The second-order valence-electron chi connectivity index (χ2n) is 7.84. The molecule has 1 N–H and O–H groups in total. The number of hydrogen-bond acceptors (Lipinski definition) is 3. The van der Waals surface area contributed by atoms with E-state index in [0.717, 1.165) is 40.6 Å². The number of imidazole rings is 1. The van der Waals surface area contributed by atoms with Crippen molar-refractivity contribution in [3.05, 3.63) is 28.5 Å². The zero-order valence-electron chi connectivity index (χ0n) is 14.2. The lowest BCUT2D eigenvalue weighted by atomic mass is 9.98. The average molecular weight is 392 g/mol. The first-order valence-corrected chi connectivity index (χ1v) is 9.27. The van der Waals surface area contributed by atoms with Gasteiger partial charge in [0.15, 0.2) is 0 Å². The van der Waals surface area contributed by atoms with Gasteiger partial charge in [-0.15, -0.1) is 0 Å². The molecule has 24 heavy (non-hydrogen) atoms. The molecule has 1 saturated carbocycles. The van der Waals surface area contributed by atoms with Crippen molar-refractivity contribution in [1.82, 2.24) is 14.9 Å². The molecule has 5 nitrogen and oxygen atoms in total. The van der Waals surface area contributed by atoms with Crippen LogP contribution in [0.25, 0.3) is 11.0 Å². The molecule has 2 aromatic rings. The molecule has 2 bridgehead atoms. The minimum atomic E-state index is -0.484. The van der Waals surface area contributed by atoms with Gasteiger partial charge in [-0.3, -0.25) is 4.90 Å². The lowest BCUT2D eigenvalue weighted by Gasteiger charge is -2.35. The molecule has 1 amide bonds. The molecular weight excluding hydrogens is 370 g/mol. The maximum absolute atomic E-state index is 12.8. The van der Waals surface area contributed by atoms with E-state index in [1.54, 1.807) is 0 Å². The molecule has 4 rings (SSSR count). The highest BCUT2D eigenvalue weighted by molar-refractivity contribution is 9.10. The molecule has 1 aliphatic heterocycles. The summed E-state index contributed by atoms with van der Waals surface area (Å²) >= 11 is 3.49. The van der Waals surface area contributed by atoms with E-state index in [9.17, 15) is 4.79 Å². The number of carbonyl (C=O) groups is 1. The van der Waals surface area contributed by atoms with Crippen LogP contribution in [-0.4, -0.2) is 32.6 Å². The number of nitrogens with one attached hydrogen (secondary N) is 1. The third kappa shape index (κ3) is 2.70. The van der Waals surface area contributed by atoms with Crippen molar-refractivity contribution in [2.45, 2.75) is 57.7 Å². The Hall–Kier alpha value is -1.56.